The van der Waals surface area contributed by atoms with Crippen LogP contribution in [-0.4, -0.2) is 64.2 Å². The van der Waals surface area contributed by atoms with Crippen LogP contribution in [0.2, 0.25) is 0 Å². The zero-order chi connectivity index (χ0) is 52.8. The molecule has 2 aliphatic carbocycles. The highest BCUT2D eigenvalue weighted by molar-refractivity contribution is 8.67. The number of esters is 3. The molecule has 4 aromatic rings. The summed E-state index contributed by atoms with van der Waals surface area (Å²) in [6.07, 6.45) is 5.48. The predicted octanol–water partition coefficient (Wildman–Crippen LogP) is 13.1. The van der Waals surface area contributed by atoms with E-state index in [9.17, 15) is 27.4 Å². The molecule has 2 saturated carbocycles. The molecule has 6 atom stereocenters. The second-order valence-electron chi connectivity index (χ2n) is 20.1. The van der Waals surface area contributed by atoms with Crippen LogP contribution in [0.1, 0.15) is 123 Å². The highest BCUT2D eigenvalue weighted by atomic mass is 33.2. The zero-order valence-corrected chi connectivity index (χ0v) is 45.2. The Bertz CT molecular complexity index is 2540. The van der Waals surface area contributed by atoms with Gasteiger partial charge < -0.3 is 23.6 Å². The lowest BCUT2D eigenvalue weighted by Crippen LogP contribution is -2.48. The molecule has 6 rings (SSSR count). The van der Waals surface area contributed by atoms with Gasteiger partial charge in [0.15, 0.2) is 26.3 Å². The van der Waals surface area contributed by atoms with E-state index in [0.29, 0.717) is 57.3 Å². The molecule has 0 radical (unpaired) electrons. The molecule has 4 aromatic carbocycles. The number of carbonyl (C=O) groups is 3. The van der Waals surface area contributed by atoms with E-state index >= 15 is 8.78 Å². The van der Waals surface area contributed by atoms with Crippen LogP contribution in [0.4, 0.5) is 8.78 Å². The number of nitrogens with zero attached hydrogens (tertiary/aromatic N) is 1. The Morgan fingerprint density at radius 2 is 1.35 bits per heavy atom. The first-order chi connectivity index (χ1) is 34.0. The minimum Gasteiger partial charge on any atom is -0.706 e. The molecule has 0 bridgehead atoms. The van der Waals surface area contributed by atoms with E-state index in [4.69, 9.17) is 33.0 Å². The van der Waals surface area contributed by atoms with Crippen molar-refractivity contribution in [3.05, 3.63) is 144 Å². The van der Waals surface area contributed by atoms with Gasteiger partial charge in [-0.15, -0.1) is 0 Å². The molecule has 6 unspecified atom stereocenters. The maximum Gasteiger partial charge on any atom is 0.322 e. The van der Waals surface area contributed by atoms with Gasteiger partial charge in [-0.05, 0) is 113 Å². The second-order valence-corrected chi connectivity index (χ2v) is 26.8. The molecule has 2 aliphatic rings. The summed E-state index contributed by atoms with van der Waals surface area (Å²) in [6.45, 7) is 18.5. The number of thioether (sulfide) groups is 1. The summed E-state index contributed by atoms with van der Waals surface area (Å²) in [4.78, 5) is 46.9. The van der Waals surface area contributed by atoms with Crippen molar-refractivity contribution < 1.29 is 50.3 Å². The van der Waals surface area contributed by atoms with Crippen molar-refractivity contribution in [1.29, 1.82) is 0 Å². The Morgan fingerprint density at radius 1 is 0.819 bits per heavy atom. The van der Waals surface area contributed by atoms with E-state index in [1.165, 1.54) is 24.3 Å². The van der Waals surface area contributed by atoms with Crippen LogP contribution in [0.25, 0.3) is 4.85 Å². The first-order valence-electron chi connectivity index (χ1n) is 24.4. The Balaban J connectivity index is 0.000000474. The number of benzene rings is 4. The van der Waals surface area contributed by atoms with Crippen LogP contribution in [-0.2, 0) is 53.6 Å². The van der Waals surface area contributed by atoms with Gasteiger partial charge >= 0.3 is 23.8 Å². The Morgan fingerprint density at radius 3 is 1.83 bits per heavy atom. The Hall–Kier alpha value is -4.66. The second kappa shape index (κ2) is 25.5. The molecule has 0 N–H and O–H groups in total. The monoisotopic (exact) mass is 1060 g/mol. The number of alkyl halides is 2. The molecule has 0 heterocycles. The van der Waals surface area contributed by atoms with Crippen LogP contribution in [0.5, 0.6) is 0 Å². The Labute approximate surface area is 437 Å². The third-order valence-electron chi connectivity index (χ3n) is 13.8. The standard InChI is InChI=1S/C44H57F2NO6S2.C12H10O3S2/c1-8-43(22-15-16-23-43)53-39(50)42(6,55-37(54)33-17-11-9-12-18-33)29-40(4,38(49)52-30-44(45,46)35-19-13-10-14-20-35)28-41(5,47-7)24-21-36(48)51-27-34-26-31(2)25-32(34)3;13-17(14,15)16(11-7-3-1-4-8-11)12-9-5-2-6-10-12/h9-14,17-20,31-32,34H,8,15-16,21-30H2,1-6H3;1-10H. The number of hydrogen-bond acceptors (Lipinski definition) is 11. The molecule has 2 fully saturated rings. The van der Waals surface area contributed by atoms with Gasteiger partial charge in [-0.1, -0.05) is 142 Å². The number of hydrogen-bond donors (Lipinski definition) is 0. The van der Waals surface area contributed by atoms with Gasteiger partial charge in [-0.25, -0.2) is 6.57 Å². The summed E-state index contributed by atoms with van der Waals surface area (Å²) in [5, 5.41) is 0. The highest BCUT2D eigenvalue weighted by Crippen LogP contribution is 2.48. The quantitative estimate of drug-likeness (QED) is 0.0150. The smallest absolute Gasteiger partial charge is 0.322 e. The van der Waals surface area contributed by atoms with Crippen LogP contribution in [0, 0.1) is 29.7 Å². The van der Waals surface area contributed by atoms with E-state index in [0.717, 1.165) is 37.4 Å². The van der Waals surface area contributed by atoms with E-state index in [1.807, 2.05) is 37.3 Å². The van der Waals surface area contributed by atoms with E-state index in [2.05, 4.69) is 18.7 Å². The van der Waals surface area contributed by atoms with Crippen molar-refractivity contribution in [2.75, 3.05) is 13.2 Å². The number of ether oxygens (including phenoxy) is 3. The number of carbonyl (C=O) groups excluding carboxylic acids is 3. The summed E-state index contributed by atoms with van der Waals surface area (Å²) < 4.78 is 81.4. The minimum absolute atomic E-state index is 0.0463. The van der Waals surface area contributed by atoms with Crippen LogP contribution in [0.15, 0.2) is 131 Å². The molecule has 0 aliphatic heterocycles. The van der Waals surface area contributed by atoms with Crippen LogP contribution < -0.4 is 0 Å². The summed E-state index contributed by atoms with van der Waals surface area (Å²) in [7, 11) is -5.85. The summed E-state index contributed by atoms with van der Waals surface area (Å²) >= 11 is 6.94. The summed E-state index contributed by atoms with van der Waals surface area (Å²) in [5.74, 6) is -4.19. The largest absolute Gasteiger partial charge is 0.706 e. The number of halogens is 2. The molecule has 0 saturated heterocycles. The fourth-order valence-corrected chi connectivity index (χ4v) is 15.4. The molecule has 0 spiro atoms. The van der Waals surface area contributed by atoms with Gasteiger partial charge in [0.05, 0.1) is 22.6 Å². The lowest BCUT2D eigenvalue weighted by atomic mass is 9.71. The SMILES string of the molecule is O=S(=O)([O-])[S+](c1ccccc1)c1ccccc1.[C-]#[N+]C(C)(CCC(=O)OCC1CC(C)CC1C)CC(C)(CC(C)(SC(=S)c1ccccc1)C(=O)OC1(CC)CCCC1)C(=O)OCC(F)(F)c1ccccc1. The van der Waals surface area contributed by atoms with Crippen LogP contribution >= 0.6 is 24.0 Å². The van der Waals surface area contributed by atoms with Gasteiger partial charge in [0, 0.05) is 25.3 Å². The van der Waals surface area contributed by atoms with Gasteiger partial charge in [-0.3, -0.25) is 14.4 Å². The maximum atomic E-state index is 15.4. The summed E-state index contributed by atoms with van der Waals surface area (Å²) in [6, 6.07) is 33.4. The highest BCUT2D eigenvalue weighted by Gasteiger charge is 2.54. The average Bonchev–Trinajstić information content (AvgIpc) is 3.97. The van der Waals surface area contributed by atoms with Crippen molar-refractivity contribution in [2.24, 2.45) is 23.2 Å². The lowest BCUT2D eigenvalue weighted by Gasteiger charge is -2.40. The molecule has 72 heavy (non-hydrogen) atoms. The van der Waals surface area contributed by atoms with Gasteiger partial charge in [0.25, 0.3) is 9.15 Å². The van der Waals surface area contributed by atoms with Crippen molar-refractivity contribution in [1.82, 2.24) is 0 Å². The molecular formula is C56H67F2NO9S4. The lowest BCUT2D eigenvalue weighted by molar-refractivity contribution is -0.172. The van der Waals surface area contributed by atoms with E-state index < -0.39 is 70.8 Å². The predicted molar refractivity (Wildman–Crippen MR) is 283 cm³/mol. The summed E-state index contributed by atoms with van der Waals surface area (Å²) in [5.41, 5.74) is -3.27. The topological polar surface area (TPSA) is 140 Å². The average molecular weight is 1060 g/mol. The minimum atomic E-state index is -4.39. The molecular weight excluding hydrogens is 997 g/mol. The van der Waals surface area contributed by atoms with Gasteiger partial charge in [0.2, 0.25) is 5.54 Å². The van der Waals surface area contributed by atoms with Crippen molar-refractivity contribution in [3.63, 3.8) is 0 Å². The first kappa shape index (κ1) is 58.2. The van der Waals surface area contributed by atoms with Gasteiger partial charge in [-0.2, -0.15) is 17.2 Å². The third kappa shape index (κ3) is 16.2. The molecule has 16 heteroatoms. The Kier molecular flexibility index (Phi) is 20.6. The molecule has 10 nitrogen and oxygen atoms in total. The fourth-order valence-electron chi connectivity index (χ4n) is 9.92. The van der Waals surface area contributed by atoms with E-state index in [-0.39, 0.29) is 37.2 Å². The van der Waals surface area contributed by atoms with Crippen molar-refractivity contribution in [2.45, 2.75) is 144 Å². The first-order valence-corrected chi connectivity index (χ1v) is 28.8. The third-order valence-corrected chi connectivity index (χ3v) is 19.7. The van der Waals surface area contributed by atoms with Gasteiger partial charge in [0.1, 0.15) is 10.3 Å². The maximum absolute atomic E-state index is 15.4. The van der Waals surface area contributed by atoms with Crippen LogP contribution in [0.3, 0.4) is 0 Å². The number of thiocarbonyl (C=S) groups is 1. The zero-order valence-electron chi connectivity index (χ0n) is 42.0. The van der Waals surface area contributed by atoms with E-state index in [1.54, 1.807) is 87.5 Å². The molecule has 388 valence electrons. The van der Waals surface area contributed by atoms with Crippen molar-refractivity contribution >= 4 is 65.2 Å². The van der Waals surface area contributed by atoms with Crippen molar-refractivity contribution in [3.8, 4) is 0 Å². The molecule has 0 amide bonds. The number of rotatable bonds is 21. The normalized spacial score (nSPS) is 20.0. The molecule has 0 aromatic heterocycles. The fraction of sp³-hybridized carbons (Fsp3) is 0.482.